The lowest BCUT2D eigenvalue weighted by molar-refractivity contribution is -0.116. The van der Waals surface area contributed by atoms with Crippen LogP contribution in [0.5, 0.6) is 11.5 Å². The van der Waals surface area contributed by atoms with Gasteiger partial charge in [0.25, 0.3) is 0 Å². The molecule has 102 valence electrons. The molecule has 1 heterocycles. The maximum Gasteiger partial charge on any atom is 0.244 e. The highest BCUT2D eigenvalue weighted by Crippen LogP contribution is 2.32. The molecule has 0 bridgehead atoms. The molecule has 2 rings (SSSR count). The van der Waals surface area contributed by atoms with Crippen molar-refractivity contribution in [2.45, 2.75) is 6.92 Å². The SMILES string of the molecule is CC(CO)CNC(=O)C=Cc1ccc2c(c1)OCO2. The fourth-order valence-electron chi connectivity index (χ4n) is 1.59. The Kier molecular flexibility index (Phi) is 4.41. The standard InChI is InChI=1S/C14H17NO4/c1-10(8-16)7-15-14(17)5-3-11-2-4-12-13(6-11)19-9-18-12/h2-6,10,16H,7-9H2,1H3,(H,15,17). The van der Waals surface area contributed by atoms with Gasteiger partial charge in [0.1, 0.15) is 0 Å². The minimum absolute atomic E-state index is 0.0582. The molecule has 0 saturated carbocycles. The quantitative estimate of drug-likeness (QED) is 0.783. The minimum atomic E-state index is -0.182. The Hall–Kier alpha value is -2.01. The summed E-state index contributed by atoms with van der Waals surface area (Å²) in [4.78, 5) is 11.5. The van der Waals surface area contributed by atoms with Gasteiger partial charge in [-0.05, 0) is 29.7 Å². The van der Waals surface area contributed by atoms with Crippen LogP contribution in [-0.4, -0.2) is 31.0 Å². The Labute approximate surface area is 111 Å². The topological polar surface area (TPSA) is 67.8 Å². The highest BCUT2D eigenvalue weighted by Gasteiger charge is 2.12. The molecule has 0 aliphatic carbocycles. The molecule has 0 spiro atoms. The van der Waals surface area contributed by atoms with E-state index in [0.29, 0.717) is 12.3 Å². The van der Waals surface area contributed by atoms with Gasteiger partial charge in [0.15, 0.2) is 11.5 Å². The van der Waals surface area contributed by atoms with E-state index in [9.17, 15) is 4.79 Å². The summed E-state index contributed by atoms with van der Waals surface area (Å²) in [5.41, 5.74) is 0.870. The average Bonchev–Trinajstić information content (AvgIpc) is 2.89. The minimum Gasteiger partial charge on any atom is -0.454 e. The van der Waals surface area contributed by atoms with Crippen molar-refractivity contribution in [1.29, 1.82) is 0 Å². The number of hydrogen-bond donors (Lipinski definition) is 2. The highest BCUT2D eigenvalue weighted by atomic mass is 16.7. The second kappa shape index (κ2) is 6.24. The Morgan fingerprint density at radius 2 is 2.26 bits per heavy atom. The lowest BCUT2D eigenvalue weighted by Crippen LogP contribution is -2.27. The van der Waals surface area contributed by atoms with Gasteiger partial charge in [-0.3, -0.25) is 4.79 Å². The first kappa shape index (κ1) is 13.4. The van der Waals surface area contributed by atoms with E-state index in [2.05, 4.69) is 5.32 Å². The Balaban J connectivity index is 1.89. The molecule has 0 saturated heterocycles. The van der Waals surface area contributed by atoms with E-state index < -0.39 is 0 Å². The maximum atomic E-state index is 11.5. The molecule has 1 atom stereocenters. The predicted molar refractivity (Wildman–Crippen MR) is 70.9 cm³/mol. The molecule has 1 aliphatic rings. The summed E-state index contributed by atoms with van der Waals surface area (Å²) in [6.45, 7) is 2.62. The number of rotatable bonds is 5. The van der Waals surface area contributed by atoms with Crippen molar-refractivity contribution < 1.29 is 19.4 Å². The largest absolute Gasteiger partial charge is 0.454 e. The van der Waals surface area contributed by atoms with Gasteiger partial charge >= 0.3 is 0 Å². The molecular formula is C14H17NO4. The molecule has 0 aromatic heterocycles. The van der Waals surface area contributed by atoms with Gasteiger partial charge in [0.2, 0.25) is 12.7 Å². The van der Waals surface area contributed by atoms with E-state index in [-0.39, 0.29) is 25.2 Å². The van der Waals surface area contributed by atoms with E-state index in [4.69, 9.17) is 14.6 Å². The molecule has 5 heteroatoms. The van der Waals surface area contributed by atoms with Crippen LogP contribution in [0.1, 0.15) is 12.5 Å². The third-order valence-electron chi connectivity index (χ3n) is 2.76. The first-order valence-corrected chi connectivity index (χ1v) is 6.15. The van der Waals surface area contributed by atoms with Gasteiger partial charge in [0.05, 0.1) is 0 Å². The van der Waals surface area contributed by atoms with E-state index >= 15 is 0 Å². The number of amides is 1. The normalized spacial score (nSPS) is 14.6. The smallest absolute Gasteiger partial charge is 0.244 e. The van der Waals surface area contributed by atoms with Crippen LogP contribution in [0.4, 0.5) is 0 Å². The number of benzene rings is 1. The zero-order valence-corrected chi connectivity index (χ0v) is 10.8. The van der Waals surface area contributed by atoms with Gasteiger partial charge in [-0.15, -0.1) is 0 Å². The Morgan fingerprint density at radius 1 is 1.47 bits per heavy atom. The van der Waals surface area contributed by atoms with Crippen LogP contribution in [0.25, 0.3) is 6.08 Å². The van der Waals surface area contributed by atoms with Crippen molar-refractivity contribution in [3.8, 4) is 11.5 Å². The molecule has 19 heavy (non-hydrogen) atoms. The zero-order valence-electron chi connectivity index (χ0n) is 10.8. The first-order valence-electron chi connectivity index (χ1n) is 6.15. The van der Waals surface area contributed by atoms with Crippen molar-refractivity contribution >= 4 is 12.0 Å². The Bertz CT molecular complexity index is 484. The van der Waals surface area contributed by atoms with Crippen LogP contribution in [0, 0.1) is 5.92 Å². The number of nitrogens with one attached hydrogen (secondary N) is 1. The number of aliphatic hydroxyl groups excluding tert-OH is 1. The van der Waals surface area contributed by atoms with Gasteiger partial charge < -0.3 is 19.9 Å². The van der Waals surface area contributed by atoms with E-state index in [1.165, 1.54) is 6.08 Å². The van der Waals surface area contributed by atoms with E-state index in [1.807, 2.05) is 25.1 Å². The van der Waals surface area contributed by atoms with Gasteiger partial charge in [-0.1, -0.05) is 13.0 Å². The van der Waals surface area contributed by atoms with Gasteiger partial charge in [-0.2, -0.15) is 0 Å². The number of aliphatic hydroxyl groups is 1. The number of ether oxygens (including phenoxy) is 2. The van der Waals surface area contributed by atoms with Crippen molar-refractivity contribution in [3.05, 3.63) is 29.8 Å². The van der Waals surface area contributed by atoms with Crippen molar-refractivity contribution in [2.24, 2.45) is 5.92 Å². The van der Waals surface area contributed by atoms with Crippen LogP contribution >= 0.6 is 0 Å². The van der Waals surface area contributed by atoms with Crippen LogP contribution in [0.15, 0.2) is 24.3 Å². The molecule has 1 aromatic carbocycles. The summed E-state index contributed by atoms with van der Waals surface area (Å²) in [6, 6.07) is 5.49. The molecule has 1 aliphatic heterocycles. The fraction of sp³-hybridized carbons (Fsp3) is 0.357. The fourth-order valence-corrected chi connectivity index (χ4v) is 1.59. The van der Waals surface area contributed by atoms with Crippen LogP contribution in [0.3, 0.4) is 0 Å². The van der Waals surface area contributed by atoms with Crippen molar-refractivity contribution in [1.82, 2.24) is 5.32 Å². The van der Waals surface area contributed by atoms with Crippen molar-refractivity contribution in [3.63, 3.8) is 0 Å². The molecule has 0 radical (unpaired) electrons. The summed E-state index contributed by atoms with van der Waals surface area (Å²) in [5, 5.41) is 11.6. The number of hydrogen-bond acceptors (Lipinski definition) is 4. The highest BCUT2D eigenvalue weighted by molar-refractivity contribution is 5.91. The molecular weight excluding hydrogens is 246 g/mol. The summed E-state index contributed by atoms with van der Waals surface area (Å²) >= 11 is 0. The van der Waals surface area contributed by atoms with Crippen LogP contribution in [0.2, 0.25) is 0 Å². The lowest BCUT2D eigenvalue weighted by Gasteiger charge is -2.07. The monoisotopic (exact) mass is 263 g/mol. The first-order chi connectivity index (χ1) is 9.19. The Morgan fingerprint density at radius 3 is 3.05 bits per heavy atom. The lowest BCUT2D eigenvalue weighted by atomic mass is 10.2. The van der Waals surface area contributed by atoms with Gasteiger partial charge in [0, 0.05) is 19.2 Å². The summed E-state index contributed by atoms with van der Waals surface area (Å²) < 4.78 is 10.5. The second-order valence-corrected chi connectivity index (χ2v) is 4.48. The maximum absolute atomic E-state index is 11.5. The molecule has 0 fully saturated rings. The summed E-state index contributed by atoms with van der Waals surface area (Å²) in [5.74, 6) is 1.29. The van der Waals surface area contributed by atoms with E-state index in [1.54, 1.807) is 6.08 Å². The van der Waals surface area contributed by atoms with Crippen LogP contribution in [-0.2, 0) is 4.79 Å². The summed E-state index contributed by atoms with van der Waals surface area (Å²) in [7, 11) is 0. The third-order valence-corrected chi connectivity index (χ3v) is 2.76. The summed E-state index contributed by atoms with van der Waals surface area (Å²) in [6.07, 6.45) is 3.17. The van der Waals surface area contributed by atoms with Gasteiger partial charge in [-0.25, -0.2) is 0 Å². The molecule has 1 unspecified atom stereocenters. The van der Waals surface area contributed by atoms with Crippen LogP contribution < -0.4 is 14.8 Å². The number of fused-ring (bicyclic) bond motifs is 1. The zero-order chi connectivity index (χ0) is 13.7. The molecule has 5 nitrogen and oxygen atoms in total. The average molecular weight is 263 g/mol. The molecule has 1 aromatic rings. The van der Waals surface area contributed by atoms with Crippen molar-refractivity contribution in [2.75, 3.05) is 19.9 Å². The number of carbonyl (C=O) groups is 1. The van der Waals surface area contributed by atoms with E-state index in [0.717, 1.165) is 11.3 Å². The third kappa shape index (κ3) is 3.72. The molecule has 1 amide bonds. The number of carbonyl (C=O) groups excluding carboxylic acids is 1. The predicted octanol–water partition coefficient (Wildman–Crippen LogP) is 1.17. The molecule has 2 N–H and O–H groups in total. The second-order valence-electron chi connectivity index (χ2n) is 4.48.